The number of carbonyl (C=O) groups excluding carboxylic acids is 2. The number of hydrogen-bond acceptors (Lipinski definition) is 8. The summed E-state index contributed by atoms with van der Waals surface area (Å²) in [5.74, 6) is -0.311. The van der Waals surface area contributed by atoms with Gasteiger partial charge in [-0.25, -0.2) is 4.98 Å². The van der Waals surface area contributed by atoms with Crippen molar-refractivity contribution >= 4 is 56.0 Å². The topological polar surface area (TPSA) is 88.5 Å². The molecule has 1 aliphatic rings. The van der Waals surface area contributed by atoms with Gasteiger partial charge in [-0.15, -0.1) is 10.2 Å². The standard InChI is InChI=1S/C21H22ClN5O3S/c1-2-27(21-23-15-7-3-4-8-16(15)31-21)19(28)13-30-20(29)14-6-5-11-26(12-14)18-10-9-17(22)24-25-18/h3-4,7-10,14H,2,5-6,11-13H2,1H3. The molecule has 3 aromatic rings. The summed E-state index contributed by atoms with van der Waals surface area (Å²) in [6, 6.07) is 11.2. The summed E-state index contributed by atoms with van der Waals surface area (Å²) in [4.78, 5) is 33.4. The summed E-state index contributed by atoms with van der Waals surface area (Å²) in [6.07, 6.45) is 1.53. The lowest BCUT2D eigenvalue weighted by atomic mass is 9.98. The highest BCUT2D eigenvalue weighted by atomic mass is 35.5. The maximum absolute atomic E-state index is 12.7. The number of amides is 1. The van der Waals surface area contributed by atoms with Crippen LogP contribution >= 0.6 is 22.9 Å². The van der Waals surface area contributed by atoms with Gasteiger partial charge in [0, 0.05) is 19.6 Å². The molecular weight excluding hydrogens is 438 g/mol. The van der Waals surface area contributed by atoms with Gasteiger partial charge >= 0.3 is 5.97 Å². The summed E-state index contributed by atoms with van der Waals surface area (Å²) in [5, 5.41) is 8.87. The monoisotopic (exact) mass is 459 g/mol. The quantitative estimate of drug-likeness (QED) is 0.521. The van der Waals surface area contributed by atoms with Crippen LogP contribution in [0.1, 0.15) is 19.8 Å². The van der Waals surface area contributed by atoms with Crippen LogP contribution in [0.3, 0.4) is 0 Å². The number of benzene rings is 1. The number of aromatic nitrogens is 3. The molecule has 0 bridgehead atoms. The molecule has 2 aromatic heterocycles. The lowest BCUT2D eigenvalue weighted by molar-refractivity contribution is -0.152. The molecule has 162 valence electrons. The van der Waals surface area contributed by atoms with E-state index in [1.54, 1.807) is 17.0 Å². The number of likely N-dealkylation sites (N-methyl/N-ethyl adjacent to an activating group) is 1. The fourth-order valence-corrected chi connectivity index (χ4v) is 4.73. The minimum atomic E-state index is -0.375. The largest absolute Gasteiger partial charge is 0.455 e. The van der Waals surface area contributed by atoms with Crippen LogP contribution in [0, 0.1) is 5.92 Å². The van der Waals surface area contributed by atoms with Crippen molar-refractivity contribution in [1.29, 1.82) is 0 Å². The molecule has 0 radical (unpaired) electrons. The lowest BCUT2D eigenvalue weighted by Crippen LogP contribution is -2.41. The van der Waals surface area contributed by atoms with Gasteiger partial charge in [-0.1, -0.05) is 35.1 Å². The van der Waals surface area contributed by atoms with Crippen molar-refractivity contribution in [1.82, 2.24) is 15.2 Å². The van der Waals surface area contributed by atoms with Crippen molar-refractivity contribution in [2.45, 2.75) is 19.8 Å². The average molecular weight is 460 g/mol. The predicted octanol–water partition coefficient (Wildman–Crippen LogP) is 3.55. The Labute approximate surface area is 188 Å². The Kier molecular flexibility index (Phi) is 6.62. The summed E-state index contributed by atoms with van der Waals surface area (Å²) in [7, 11) is 0. The SMILES string of the molecule is CCN(C(=O)COC(=O)C1CCCN(c2ccc(Cl)nn2)C1)c1nc2ccccc2s1. The molecule has 10 heteroatoms. The molecule has 0 saturated carbocycles. The first kappa shape index (κ1) is 21.5. The first-order chi connectivity index (χ1) is 15.0. The van der Waals surface area contributed by atoms with E-state index in [0.29, 0.717) is 35.6 Å². The molecule has 4 rings (SSSR count). The zero-order chi connectivity index (χ0) is 21.8. The van der Waals surface area contributed by atoms with E-state index in [4.69, 9.17) is 16.3 Å². The van der Waals surface area contributed by atoms with Crippen LogP contribution in [0.5, 0.6) is 0 Å². The second kappa shape index (κ2) is 9.57. The van der Waals surface area contributed by atoms with Gasteiger partial charge in [-0.3, -0.25) is 14.5 Å². The first-order valence-corrected chi connectivity index (χ1v) is 11.3. The molecule has 0 aliphatic carbocycles. The molecule has 0 spiro atoms. The van der Waals surface area contributed by atoms with Gasteiger partial charge < -0.3 is 9.64 Å². The highest BCUT2D eigenvalue weighted by molar-refractivity contribution is 7.22. The summed E-state index contributed by atoms with van der Waals surface area (Å²) in [6.45, 7) is 3.26. The molecule has 1 aromatic carbocycles. The van der Waals surface area contributed by atoms with Gasteiger partial charge in [0.1, 0.15) is 0 Å². The third kappa shape index (κ3) is 4.94. The molecule has 1 fully saturated rings. The molecule has 0 N–H and O–H groups in total. The maximum Gasteiger partial charge on any atom is 0.311 e. The molecule has 1 unspecified atom stereocenters. The van der Waals surface area contributed by atoms with Crippen molar-refractivity contribution < 1.29 is 14.3 Å². The van der Waals surface area contributed by atoms with E-state index in [9.17, 15) is 9.59 Å². The number of anilines is 2. The minimum absolute atomic E-state index is 0.286. The molecule has 1 amide bonds. The number of thiazole rings is 1. The number of fused-ring (bicyclic) bond motifs is 1. The van der Waals surface area contributed by atoms with Crippen LogP contribution in [0.25, 0.3) is 10.2 Å². The number of halogens is 1. The molecule has 1 aliphatic heterocycles. The van der Waals surface area contributed by atoms with Crippen LogP contribution in [0.2, 0.25) is 5.15 Å². The highest BCUT2D eigenvalue weighted by Crippen LogP contribution is 2.28. The van der Waals surface area contributed by atoms with E-state index in [0.717, 1.165) is 23.2 Å². The van der Waals surface area contributed by atoms with Gasteiger partial charge in [-0.05, 0) is 44.0 Å². The Bertz CT molecular complexity index is 1040. The van der Waals surface area contributed by atoms with E-state index in [1.165, 1.54) is 11.3 Å². The zero-order valence-corrected chi connectivity index (χ0v) is 18.6. The van der Waals surface area contributed by atoms with Gasteiger partial charge in [0.15, 0.2) is 22.7 Å². The Morgan fingerprint density at radius 2 is 2.10 bits per heavy atom. The Morgan fingerprint density at radius 3 is 2.84 bits per heavy atom. The summed E-state index contributed by atoms with van der Waals surface area (Å²) >= 11 is 7.24. The lowest BCUT2D eigenvalue weighted by Gasteiger charge is -2.32. The molecule has 3 heterocycles. The third-order valence-corrected chi connectivity index (χ3v) is 6.43. The Balaban J connectivity index is 1.35. The van der Waals surface area contributed by atoms with Crippen LogP contribution < -0.4 is 9.80 Å². The van der Waals surface area contributed by atoms with E-state index in [2.05, 4.69) is 15.2 Å². The number of rotatable bonds is 6. The Hall–Kier alpha value is -2.78. The number of ether oxygens (including phenoxy) is 1. The molecule has 1 atom stereocenters. The van der Waals surface area contributed by atoms with Gasteiger partial charge in [0.25, 0.3) is 5.91 Å². The van der Waals surface area contributed by atoms with Crippen molar-refractivity contribution in [3.63, 3.8) is 0 Å². The first-order valence-electron chi connectivity index (χ1n) is 10.1. The van der Waals surface area contributed by atoms with E-state index in [1.807, 2.05) is 36.1 Å². The second-order valence-corrected chi connectivity index (χ2v) is 8.61. The van der Waals surface area contributed by atoms with Crippen LogP contribution in [-0.2, 0) is 14.3 Å². The van der Waals surface area contributed by atoms with Gasteiger partial charge in [-0.2, -0.15) is 0 Å². The molecule has 31 heavy (non-hydrogen) atoms. The van der Waals surface area contributed by atoms with Crippen LogP contribution in [0.15, 0.2) is 36.4 Å². The van der Waals surface area contributed by atoms with E-state index in [-0.39, 0.29) is 24.4 Å². The Morgan fingerprint density at radius 1 is 1.26 bits per heavy atom. The van der Waals surface area contributed by atoms with Crippen molar-refractivity contribution in [3.05, 3.63) is 41.6 Å². The fourth-order valence-electron chi connectivity index (χ4n) is 3.58. The predicted molar refractivity (Wildman–Crippen MR) is 121 cm³/mol. The summed E-state index contributed by atoms with van der Waals surface area (Å²) in [5.41, 5.74) is 0.846. The third-order valence-electron chi connectivity index (χ3n) is 5.17. The van der Waals surface area contributed by atoms with E-state index < -0.39 is 0 Å². The highest BCUT2D eigenvalue weighted by Gasteiger charge is 2.29. The molecule has 1 saturated heterocycles. The van der Waals surface area contributed by atoms with Crippen molar-refractivity contribution in [2.24, 2.45) is 5.92 Å². The zero-order valence-electron chi connectivity index (χ0n) is 17.0. The number of para-hydroxylation sites is 1. The number of hydrogen-bond donors (Lipinski definition) is 0. The normalized spacial score (nSPS) is 16.3. The minimum Gasteiger partial charge on any atom is -0.455 e. The van der Waals surface area contributed by atoms with E-state index >= 15 is 0 Å². The number of piperidine rings is 1. The smallest absolute Gasteiger partial charge is 0.311 e. The molecular formula is C21H22ClN5O3S. The van der Waals surface area contributed by atoms with Gasteiger partial charge in [0.05, 0.1) is 16.1 Å². The molecule has 8 nitrogen and oxygen atoms in total. The van der Waals surface area contributed by atoms with Crippen molar-refractivity contribution in [2.75, 3.05) is 36.0 Å². The fraction of sp³-hybridized carbons (Fsp3) is 0.381. The number of esters is 1. The van der Waals surface area contributed by atoms with Crippen LogP contribution in [0.4, 0.5) is 10.9 Å². The average Bonchev–Trinajstić information content (AvgIpc) is 3.22. The van der Waals surface area contributed by atoms with Crippen LogP contribution in [-0.4, -0.2) is 53.3 Å². The number of nitrogens with zero attached hydrogens (tertiary/aromatic N) is 5. The maximum atomic E-state index is 12.7. The second-order valence-electron chi connectivity index (χ2n) is 7.21. The number of carbonyl (C=O) groups is 2. The summed E-state index contributed by atoms with van der Waals surface area (Å²) < 4.78 is 6.40. The van der Waals surface area contributed by atoms with Gasteiger partial charge in [0.2, 0.25) is 0 Å². The van der Waals surface area contributed by atoms with Crippen molar-refractivity contribution in [3.8, 4) is 0 Å².